The number of halogens is 1. The molecule has 1 unspecified atom stereocenters. The summed E-state index contributed by atoms with van der Waals surface area (Å²) < 4.78 is 1.20. The average molecular weight is 281 g/mol. The summed E-state index contributed by atoms with van der Waals surface area (Å²) in [6.07, 6.45) is 2.56. The summed E-state index contributed by atoms with van der Waals surface area (Å²) in [5.74, 6) is 0. The lowest BCUT2D eigenvalue weighted by molar-refractivity contribution is 0.158. The largest absolute Gasteiger partial charge is 0.308 e. The molecule has 0 bridgehead atoms. The first kappa shape index (κ1) is 10.8. The van der Waals surface area contributed by atoms with Crippen LogP contribution in [0.3, 0.4) is 0 Å². The SMILES string of the molecule is Brc1ccc2c(c1)CC(CN1CCC1)NC2. The van der Waals surface area contributed by atoms with Crippen molar-refractivity contribution in [2.45, 2.75) is 25.4 Å². The molecule has 1 atom stereocenters. The molecule has 0 amide bonds. The molecule has 2 nitrogen and oxygen atoms in total. The maximum Gasteiger partial charge on any atom is 0.0238 e. The van der Waals surface area contributed by atoms with E-state index >= 15 is 0 Å². The van der Waals surface area contributed by atoms with E-state index in [1.807, 2.05) is 0 Å². The fraction of sp³-hybridized carbons (Fsp3) is 0.538. The molecule has 0 aromatic heterocycles. The summed E-state index contributed by atoms with van der Waals surface area (Å²) in [6, 6.07) is 7.28. The van der Waals surface area contributed by atoms with Gasteiger partial charge in [0.1, 0.15) is 0 Å². The quantitative estimate of drug-likeness (QED) is 0.893. The Kier molecular flexibility index (Phi) is 3.01. The highest BCUT2D eigenvalue weighted by Gasteiger charge is 2.22. The first-order valence-electron chi connectivity index (χ1n) is 6.04. The molecule has 1 fully saturated rings. The highest BCUT2D eigenvalue weighted by Crippen LogP contribution is 2.22. The third-order valence-electron chi connectivity index (χ3n) is 3.64. The van der Waals surface area contributed by atoms with E-state index in [1.165, 1.54) is 48.1 Å². The molecule has 3 heteroatoms. The van der Waals surface area contributed by atoms with Gasteiger partial charge in [-0.2, -0.15) is 0 Å². The van der Waals surface area contributed by atoms with Gasteiger partial charge in [0.05, 0.1) is 0 Å². The van der Waals surface area contributed by atoms with Gasteiger partial charge < -0.3 is 10.2 Å². The predicted octanol–water partition coefficient (Wildman–Crippen LogP) is 2.17. The molecule has 0 radical (unpaired) electrons. The smallest absolute Gasteiger partial charge is 0.0238 e. The summed E-state index contributed by atoms with van der Waals surface area (Å²) in [5, 5.41) is 3.64. The van der Waals surface area contributed by atoms with E-state index in [-0.39, 0.29) is 0 Å². The number of nitrogens with zero attached hydrogens (tertiary/aromatic N) is 1. The molecule has 16 heavy (non-hydrogen) atoms. The van der Waals surface area contributed by atoms with Gasteiger partial charge in [0.2, 0.25) is 0 Å². The van der Waals surface area contributed by atoms with Gasteiger partial charge in [-0.15, -0.1) is 0 Å². The molecule has 86 valence electrons. The van der Waals surface area contributed by atoms with Crippen LogP contribution in [0.15, 0.2) is 22.7 Å². The molecular formula is C13H17BrN2. The van der Waals surface area contributed by atoms with Crippen LogP contribution in [0.2, 0.25) is 0 Å². The van der Waals surface area contributed by atoms with Crippen LogP contribution in [0.4, 0.5) is 0 Å². The van der Waals surface area contributed by atoms with Crippen molar-refractivity contribution >= 4 is 15.9 Å². The van der Waals surface area contributed by atoms with Crippen LogP contribution in [0.5, 0.6) is 0 Å². The molecule has 2 heterocycles. The zero-order chi connectivity index (χ0) is 11.0. The van der Waals surface area contributed by atoms with Crippen LogP contribution in [0.25, 0.3) is 0 Å². The van der Waals surface area contributed by atoms with Crippen molar-refractivity contribution < 1.29 is 0 Å². The fourth-order valence-corrected chi connectivity index (χ4v) is 2.96. The number of hydrogen-bond acceptors (Lipinski definition) is 2. The van der Waals surface area contributed by atoms with Gasteiger partial charge in [0.25, 0.3) is 0 Å². The topological polar surface area (TPSA) is 15.3 Å². The number of hydrogen-bond donors (Lipinski definition) is 1. The Bertz CT molecular complexity index is 388. The van der Waals surface area contributed by atoms with E-state index in [9.17, 15) is 0 Å². The van der Waals surface area contributed by atoms with Crippen LogP contribution in [-0.2, 0) is 13.0 Å². The second-order valence-corrected chi connectivity index (χ2v) is 5.76. The van der Waals surface area contributed by atoms with Gasteiger partial charge in [0.15, 0.2) is 0 Å². The highest BCUT2D eigenvalue weighted by atomic mass is 79.9. The van der Waals surface area contributed by atoms with Gasteiger partial charge in [-0.1, -0.05) is 22.0 Å². The minimum atomic E-state index is 0.641. The van der Waals surface area contributed by atoms with Crippen LogP contribution in [0.1, 0.15) is 17.5 Å². The molecule has 1 aromatic carbocycles. The lowest BCUT2D eigenvalue weighted by Crippen LogP contribution is -2.49. The molecule has 0 spiro atoms. The lowest BCUT2D eigenvalue weighted by Gasteiger charge is -2.36. The second-order valence-electron chi connectivity index (χ2n) is 4.85. The normalized spacial score (nSPS) is 24.9. The molecule has 0 saturated carbocycles. The van der Waals surface area contributed by atoms with Crippen molar-refractivity contribution in [3.05, 3.63) is 33.8 Å². The number of likely N-dealkylation sites (tertiary alicyclic amines) is 1. The van der Waals surface area contributed by atoms with E-state index in [0.29, 0.717) is 6.04 Å². The Balaban J connectivity index is 1.69. The van der Waals surface area contributed by atoms with Gasteiger partial charge in [-0.25, -0.2) is 0 Å². The first-order valence-corrected chi connectivity index (χ1v) is 6.83. The average Bonchev–Trinajstić information content (AvgIpc) is 2.23. The third-order valence-corrected chi connectivity index (χ3v) is 4.14. The first-order chi connectivity index (χ1) is 7.81. The maximum atomic E-state index is 3.64. The van der Waals surface area contributed by atoms with Gasteiger partial charge in [-0.05, 0) is 49.2 Å². The zero-order valence-corrected chi connectivity index (χ0v) is 11.0. The molecule has 3 rings (SSSR count). The molecule has 2 aliphatic rings. The van der Waals surface area contributed by atoms with Crippen molar-refractivity contribution in [1.29, 1.82) is 0 Å². The van der Waals surface area contributed by atoms with Gasteiger partial charge in [-0.3, -0.25) is 0 Å². The Hall–Kier alpha value is -0.380. The van der Waals surface area contributed by atoms with Gasteiger partial charge >= 0.3 is 0 Å². The minimum absolute atomic E-state index is 0.641. The Labute approximate surface area is 105 Å². The molecule has 1 N–H and O–H groups in total. The van der Waals surface area contributed by atoms with Crippen molar-refractivity contribution in [2.24, 2.45) is 0 Å². The Morgan fingerprint density at radius 3 is 2.94 bits per heavy atom. The minimum Gasteiger partial charge on any atom is -0.308 e. The number of fused-ring (bicyclic) bond motifs is 1. The molecule has 0 aliphatic carbocycles. The summed E-state index contributed by atoms with van der Waals surface area (Å²) in [7, 11) is 0. The van der Waals surface area contributed by atoms with Crippen molar-refractivity contribution in [3.63, 3.8) is 0 Å². The molecule has 2 aliphatic heterocycles. The highest BCUT2D eigenvalue weighted by molar-refractivity contribution is 9.10. The van der Waals surface area contributed by atoms with Crippen molar-refractivity contribution in [1.82, 2.24) is 10.2 Å². The fourth-order valence-electron chi connectivity index (χ4n) is 2.55. The summed E-state index contributed by atoms with van der Waals surface area (Å²) >= 11 is 3.56. The monoisotopic (exact) mass is 280 g/mol. The lowest BCUT2D eigenvalue weighted by atomic mass is 9.95. The van der Waals surface area contributed by atoms with Gasteiger partial charge in [0, 0.05) is 23.6 Å². The zero-order valence-electron chi connectivity index (χ0n) is 9.38. The van der Waals surface area contributed by atoms with Crippen molar-refractivity contribution in [2.75, 3.05) is 19.6 Å². The third kappa shape index (κ3) is 2.17. The van der Waals surface area contributed by atoms with E-state index in [1.54, 1.807) is 0 Å². The molecule has 1 saturated heterocycles. The van der Waals surface area contributed by atoms with Crippen LogP contribution < -0.4 is 5.32 Å². The molecular weight excluding hydrogens is 264 g/mol. The standard InChI is InChI=1S/C13H17BrN2/c14-12-3-2-10-8-15-13(7-11(10)6-12)9-16-4-1-5-16/h2-3,6,13,15H,1,4-5,7-9H2. The number of rotatable bonds is 2. The summed E-state index contributed by atoms with van der Waals surface area (Å²) in [5.41, 5.74) is 2.97. The number of benzene rings is 1. The van der Waals surface area contributed by atoms with Crippen LogP contribution >= 0.6 is 15.9 Å². The van der Waals surface area contributed by atoms with E-state index in [2.05, 4.69) is 44.3 Å². The maximum absolute atomic E-state index is 3.64. The predicted molar refractivity (Wildman–Crippen MR) is 69.5 cm³/mol. The second kappa shape index (κ2) is 4.47. The van der Waals surface area contributed by atoms with E-state index in [0.717, 1.165) is 6.54 Å². The summed E-state index contributed by atoms with van der Waals surface area (Å²) in [6.45, 7) is 4.83. The summed E-state index contributed by atoms with van der Waals surface area (Å²) in [4.78, 5) is 2.54. The van der Waals surface area contributed by atoms with Crippen LogP contribution in [0, 0.1) is 0 Å². The van der Waals surface area contributed by atoms with Crippen LogP contribution in [-0.4, -0.2) is 30.6 Å². The van der Waals surface area contributed by atoms with Crippen molar-refractivity contribution in [3.8, 4) is 0 Å². The Morgan fingerprint density at radius 2 is 2.19 bits per heavy atom. The van der Waals surface area contributed by atoms with E-state index < -0.39 is 0 Å². The molecule has 1 aromatic rings. The van der Waals surface area contributed by atoms with E-state index in [4.69, 9.17) is 0 Å². The Morgan fingerprint density at radius 1 is 1.31 bits per heavy atom. The number of nitrogens with one attached hydrogen (secondary N) is 1.